The lowest BCUT2D eigenvalue weighted by atomic mass is 9.93. The summed E-state index contributed by atoms with van der Waals surface area (Å²) in [5, 5.41) is 0. The van der Waals surface area contributed by atoms with Crippen LogP contribution in [0.15, 0.2) is 63.5 Å². The van der Waals surface area contributed by atoms with Crippen molar-refractivity contribution in [2.45, 2.75) is 39.7 Å². The quantitative estimate of drug-likeness (QED) is 0.317. The molecule has 2 aromatic carbocycles. The Labute approximate surface area is 257 Å². The zero-order chi connectivity index (χ0) is 31.5. The normalized spacial score (nSPS) is 16.7. The van der Waals surface area contributed by atoms with E-state index in [9.17, 15) is 19.2 Å². The molecule has 0 aliphatic carbocycles. The SMILES string of the molecule is CCCC1=C(C(=O)OCC)[C@@H](c2cc(OC)ccc2OC)n2c(s/c(=C3\C(=O)N(CC(=O)OCC)c4ccccc43)c2=O)=N1. The molecule has 11 nitrogen and oxygen atoms in total. The highest BCUT2D eigenvalue weighted by atomic mass is 32.1. The minimum Gasteiger partial charge on any atom is -0.497 e. The number of para-hydroxylation sites is 1. The van der Waals surface area contributed by atoms with Gasteiger partial charge in [-0.25, -0.2) is 9.79 Å². The van der Waals surface area contributed by atoms with E-state index in [4.69, 9.17) is 23.9 Å². The minimum atomic E-state index is -0.978. The summed E-state index contributed by atoms with van der Waals surface area (Å²) in [4.78, 5) is 60.8. The fourth-order valence-corrected chi connectivity index (χ4v) is 6.62. The van der Waals surface area contributed by atoms with Gasteiger partial charge in [-0.3, -0.25) is 23.9 Å². The van der Waals surface area contributed by atoms with E-state index in [0.29, 0.717) is 51.7 Å². The molecule has 0 fully saturated rings. The van der Waals surface area contributed by atoms with Gasteiger partial charge in [0.2, 0.25) is 0 Å². The molecule has 1 atom stereocenters. The second-order valence-electron chi connectivity index (χ2n) is 9.93. The number of aromatic nitrogens is 1. The van der Waals surface area contributed by atoms with Crippen LogP contribution in [0.1, 0.15) is 50.8 Å². The van der Waals surface area contributed by atoms with Gasteiger partial charge in [0.15, 0.2) is 4.80 Å². The molecule has 0 saturated heterocycles. The maximum absolute atomic E-state index is 14.5. The van der Waals surface area contributed by atoms with E-state index in [1.165, 1.54) is 23.7 Å². The molecule has 0 unspecified atom stereocenters. The third-order valence-corrected chi connectivity index (χ3v) is 8.40. The van der Waals surface area contributed by atoms with Crippen LogP contribution in [0.4, 0.5) is 5.69 Å². The van der Waals surface area contributed by atoms with E-state index in [2.05, 4.69) is 0 Å². The number of ether oxygens (including phenoxy) is 4. The monoisotopic (exact) mass is 619 g/mol. The molecule has 3 heterocycles. The van der Waals surface area contributed by atoms with Crippen molar-refractivity contribution < 1.29 is 33.3 Å². The molecule has 12 heteroatoms. The highest BCUT2D eigenvalue weighted by molar-refractivity contribution is 7.07. The summed E-state index contributed by atoms with van der Waals surface area (Å²) >= 11 is 1.06. The zero-order valence-electron chi connectivity index (χ0n) is 25.2. The number of rotatable bonds is 10. The van der Waals surface area contributed by atoms with Crippen LogP contribution < -0.4 is 29.3 Å². The Hall–Kier alpha value is -4.71. The van der Waals surface area contributed by atoms with E-state index >= 15 is 0 Å². The lowest BCUT2D eigenvalue weighted by Crippen LogP contribution is -2.41. The third-order valence-electron chi connectivity index (χ3n) is 7.34. The largest absolute Gasteiger partial charge is 0.497 e. The summed E-state index contributed by atoms with van der Waals surface area (Å²) in [5.41, 5.74) is 1.85. The van der Waals surface area contributed by atoms with Crippen LogP contribution in [0.5, 0.6) is 11.5 Å². The number of benzene rings is 2. The predicted octanol–water partition coefficient (Wildman–Crippen LogP) is 2.88. The number of amides is 1. The van der Waals surface area contributed by atoms with Crippen LogP contribution in [0, 0.1) is 0 Å². The number of nitrogens with zero attached hydrogens (tertiary/aromatic N) is 3. The van der Waals surface area contributed by atoms with Crippen molar-refractivity contribution in [1.29, 1.82) is 0 Å². The molecule has 0 radical (unpaired) electrons. The Balaban J connectivity index is 1.83. The van der Waals surface area contributed by atoms with Crippen molar-refractivity contribution in [1.82, 2.24) is 4.57 Å². The predicted molar refractivity (Wildman–Crippen MR) is 164 cm³/mol. The lowest BCUT2D eigenvalue weighted by molar-refractivity contribution is -0.142. The molecule has 5 rings (SSSR count). The smallest absolute Gasteiger partial charge is 0.338 e. The van der Waals surface area contributed by atoms with Crippen LogP contribution >= 0.6 is 11.3 Å². The van der Waals surface area contributed by atoms with Crippen LogP contribution in [-0.4, -0.2) is 56.4 Å². The number of hydrogen-bond donors (Lipinski definition) is 0. The molecule has 3 aromatic rings. The number of esters is 2. The molecule has 230 valence electrons. The molecule has 0 saturated carbocycles. The summed E-state index contributed by atoms with van der Waals surface area (Å²) in [5.74, 6) is -0.741. The van der Waals surface area contributed by atoms with Crippen molar-refractivity contribution in [3.63, 3.8) is 0 Å². The molecule has 44 heavy (non-hydrogen) atoms. The van der Waals surface area contributed by atoms with E-state index in [0.717, 1.165) is 11.3 Å². The summed E-state index contributed by atoms with van der Waals surface area (Å²) in [6.45, 7) is 5.36. The molecule has 0 N–H and O–H groups in total. The highest BCUT2D eigenvalue weighted by Crippen LogP contribution is 2.39. The van der Waals surface area contributed by atoms with Gasteiger partial charge in [0.05, 0.1) is 50.0 Å². The molecule has 2 aliphatic heterocycles. The summed E-state index contributed by atoms with van der Waals surface area (Å²) in [6, 6.07) is 11.1. The van der Waals surface area contributed by atoms with Gasteiger partial charge in [0.1, 0.15) is 28.6 Å². The molecule has 0 bridgehead atoms. The van der Waals surface area contributed by atoms with Crippen molar-refractivity contribution in [3.05, 3.63) is 84.5 Å². The van der Waals surface area contributed by atoms with Crippen LogP contribution in [0.3, 0.4) is 0 Å². The fourth-order valence-electron chi connectivity index (χ4n) is 5.51. The molecule has 1 amide bonds. The van der Waals surface area contributed by atoms with E-state index < -0.39 is 29.4 Å². The number of thiazole rings is 1. The van der Waals surface area contributed by atoms with Gasteiger partial charge in [-0.2, -0.15) is 0 Å². The standard InChI is InChI=1S/C32H33N3O8S/c1-6-11-21-26(31(39)43-8-3)27(20-16-18(40-4)14-15-23(20)41-5)35-30(38)28(44-32(35)33-21)25-19-12-9-10-13-22(19)34(29(25)37)17-24(36)42-7-2/h9-10,12-16,27H,6-8,11,17H2,1-5H3/b28-25-/t27-/m1/s1. The van der Waals surface area contributed by atoms with Gasteiger partial charge in [-0.05, 0) is 44.5 Å². The van der Waals surface area contributed by atoms with Gasteiger partial charge in [-0.15, -0.1) is 0 Å². The van der Waals surface area contributed by atoms with Gasteiger partial charge in [-0.1, -0.05) is 42.9 Å². The van der Waals surface area contributed by atoms with Crippen LogP contribution in [0.2, 0.25) is 0 Å². The molecular formula is C32H33N3O8S. The molecule has 0 spiro atoms. The Morgan fingerprint density at radius 1 is 0.977 bits per heavy atom. The lowest BCUT2D eigenvalue weighted by Gasteiger charge is -2.27. The third kappa shape index (κ3) is 5.30. The van der Waals surface area contributed by atoms with Gasteiger partial charge in [0.25, 0.3) is 11.5 Å². The number of carbonyl (C=O) groups excluding carboxylic acids is 3. The van der Waals surface area contributed by atoms with Crippen molar-refractivity contribution in [3.8, 4) is 11.5 Å². The van der Waals surface area contributed by atoms with Gasteiger partial charge < -0.3 is 18.9 Å². The summed E-state index contributed by atoms with van der Waals surface area (Å²) in [7, 11) is 3.03. The van der Waals surface area contributed by atoms with Gasteiger partial charge in [0, 0.05) is 11.1 Å². The number of hydrogen-bond acceptors (Lipinski definition) is 10. The second-order valence-corrected chi connectivity index (χ2v) is 10.9. The maximum Gasteiger partial charge on any atom is 0.338 e. The van der Waals surface area contributed by atoms with Crippen LogP contribution in [-0.2, 0) is 23.9 Å². The van der Waals surface area contributed by atoms with Crippen molar-refractivity contribution >= 4 is 40.4 Å². The zero-order valence-corrected chi connectivity index (χ0v) is 26.0. The average molecular weight is 620 g/mol. The van der Waals surface area contributed by atoms with Crippen molar-refractivity contribution in [2.24, 2.45) is 4.99 Å². The first kappa shape index (κ1) is 30.7. The number of anilines is 1. The Morgan fingerprint density at radius 2 is 1.73 bits per heavy atom. The topological polar surface area (TPSA) is 126 Å². The highest BCUT2D eigenvalue weighted by Gasteiger charge is 2.39. The van der Waals surface area contributed by atoms with E-state index in [-0.39, 0.29) is 35.4 Å². The van der Waals surface area contributed by atoms with E-state index in [1.807, 2.05) is 6.92 Å². The Morgan fingerprint density at radius 3 is 2.41 bits per heavy atom. The van der Waals surface area contributed by atoms with E-state index in [1.54, 1.807) is 56.3 Å². The first-order valence-electron chi connectivity index (χ1n) is 14.3. The summed E-state index contributed by atoms with van der Waals surface area (Å²) < 4.78 is 23.3. The average Bonchev–Trinajstić information content (AvgIpc) is 3.48. The van der Waals surface area contributed by atoms with Crippen LogP contribution in [0.25, 0.3) is 5.57 Å². The Bertz CT molecular complexity index is 1860. The fraction of sp³-hybridized carbons (Fsp3) is 0.344. The van der Waals surface area contributed by atoms with Crippen molar-refractivity contribution in [2.75, 3.05) is 38.9 Å². The number of carbonyl (C=O) groups is 3. The summed E-state index contributed by atoms with van der Waals surface area (Å²) in [6.07, 6.45) is 1.13. The second kappa shape index (κ2) is 12.9. The molecular weight excluding hydrogens is 586 g/mol. The first-order valence-corrected chi connectivity index (χ1v) is 15.1. The number of fused-ring (bicyclic) bond motifs is 2. The number of allylic oxidation sites excluding steroid dienone is 1. The van der Waals surface area contributed by atoms with Gasteiger partial charge >= 0.3 is 11.9 Å². The Kier molecular flexibility index (Phi) is 9.00. The molecule has 2 aliphatic rings. The minimum absolute atomic E-state index is 0.125. The number of methoxy groups -OCH3 is 2. The maximum atomic E-state index is 14.5. The first-order chi connectivity index (χ1) is 21.3. The molecule has 1 aromatic heterocycles.